The molecule has 0 saturated heterocycles. The monoisotopic (exact) mass is 866 g/mol. The summed E-state index contributed by atoms with van der Waals surface area (Å²) in [5.41, 5.74) is -5.14. The number of aromatic nitrogens is 8. The number of nitrogens with one attached hydrogen (secondary N) is 2. The Morgan fingerprint density at radius 1 is 0.491 bits per heavy atom. The van der Waals surface area contributed by atoms with E-state index in [1.165, 1.54) is 0 Å². The van der Waals surface area contributed by atoms with Crippen molar-refractivity contribution in [2.24, 2.45) is 0 Å². The van der Waals surface area contributed by atoms with E-state index < -0.39 is 31.3 Å². The van der Waals surface area contributed by atoms with E-state index in [1.54, 1.807) is 0 Å². The van der Waals surface area contributed by atoms with Gasteiger partial charge in [0.05, 0.1) is 0 Å². The van der Waals surface area contributed by atoms with Crippen LogP contribution < -0.4 is 0 Å². The van der Waals surface area contributed by atoms with Crippen LogP contribution in [0.2, 0.25) is 0 Å². The van der Waals surface area contributed by atoms with Crippen molar-refractivity contribution in [2.75, 3.05) is 14.2 Å². The Labute approximate surface area is 319 Å². The van der Waals surface area contributed by atoms with E-state index in [2.05, 4.69) is 19.9 Å². The first-order chi connectivity index (χ1) is 25.3. The Hall–Kier alpha value is -5.04. The number of benzene rings is 2. The molecule has 5 heterocycles. The Morgan fingerprint density at radius 2 is 0.782 bits per heavy atom. The maximum atomic E-state index is 10.7. The third kappa shape index (κ3) is 12.0. The van der Waals surface area contributed by atoms with E-state index >= 15 is 0 Å². The van der Waals surface area contributed by atoms with Crippen molar-refractivity contribution in [3.63, 3.8) is 0 Å². The van der Waals surface area contributed by atoms with Crippen LogP contribution >= 0.6 is 0 Å². The maximum absolute atomic E-state index is 10.7. The van der Waals surface area contributed by atoms with Gasteiger partial charge in [0.15, 0.2) is 43.2 Å². The third-order valence-corrected chi connectivity index (χ3v) is 7.39. The summed E-state index contributed by atoms with van der Waals surface area (Å²) in [7, 11) is -10.2. The van der Waals surface area contributed by atoms with Gasteiger partial charge in [-0.05, 0) is 24.3 Å². The second-order valence-corrected chi connectivity index (χ2v) is 12.4. The fourth-order valence-corrected chi connectivity index (χ4v) is 4.15. The van der Waals surface area contributed by atoms with E-state index in [4.69, 9.17) is 56.1 Å². The summed E-state index contributed by atoms with van der Waals surface area (Å²) in [5, 5.41) is 14.0. The molecule has 8 bridgehead atoms. The topological polar surface area (TPSA) is 264 Å². The van der Waals surface area contributed by atoms with Crippen LogP contribution in [0, 0.1) is 0 Å². The Balaban J connectivity index is 0.000000418. The minimum Gasteiger partial charge on any atom is -0.741 e. The van der Waals surface area contributed by atoms with Gasteiger partial charge in [-0.3, -0.25) is 0 Å². The van der Waals surface area contributed by atoms with Crippen molar-refractivity contribution >= 4 is 42.8 Å². The summed E-state index contributed by atoms with van der Waals surface area (Å²) in [4.78, 5) is 35.1. The number of pyridine rings is 2. The summed E-state index contributed by atoms with van der Waals surface area (Å²) >= 11 is 0. The third-order valence-electron chi connectivity index (χ3n) is 6.25. The van der Waals surface area contributed by atoms with E-state index in [0.29, 0.717) is 45.9 Å². The summed E-state index contributed by atoms with van der Waals surface area (Å²) < 4.78 is 118. The summed E-state index contributed by atoms with van der Waals surface area (Å²) in [5.74, 6) is 2.55. The SMILES string of the molecule is CO.CO.O=S(=O)([O-])C(F)(F)F.O=S(=O)([O-])C(F)(F)F.[Zn+2].c1ccc2c(c1)-c1nc-2[nH]c2cccc(nc3nc([nH]c4cccc(n1)n4)-c1ccccc1-3)n2. The first-order valence-electron chi connectivity index (χ1n) is 14.3. The molecule has 2 aliphatic rings. The second kappa shape index (κ2) is 19.0. The molecule has 4 N–H and O–H groups in total. The van der Waals surface area contributed by atoms with E-state index in [1.807, 2.05) is 84.9 Å². The number of alkyl halides is 6. The number of halogens is 6. The van der Waals surface area contributed by atoms with Gasteiger partial charge in [-0.1, -0.05) is 60.7 Å². The normalized spacial score (nSPS) is 11.4. The summed E-state index contributed by atoms with van der Waals surface area (Å²) in [6, 6.07) is 27.2. The van der Waals surface area contributed by atoms with Gasteiger partial charge >= 0.3 is 30.5 Å². The molecular weight excluding hydrogens is 844 g/mol. The molecule has 0 fully saturated rings. The molecule has 16 nitrogen and oxygen atoms in total. The van der Waals surface area contributed by atoms with Gasteiger partial charge < -0.3 is 29.3 Å². The number of aromatic amines is 2. The molecule has 25 heteroatoms. The van der Waals surface area contributed by atoms with Gasteiger partial charge in [-0.2, -0.15) is 26.3 Å². The number of hydrogen-bond acceptors (Lipinski definition) is 14. The van der Waals surface area contributed by atoms with Gasteiger partial charge in [0.2, 0.25) is 0 Å². The smallest absolute Gasteiger partial charge is 0.741 e. The van der Waals surface area contributed by atoms with E-state index in [-0.39, 0.29) is 19.5 Å². The fraction of sp³-hybridized carbons (Fsp3) is 0.133. The largest absolute Gasteiger partial charge is 2.00 e. The zero-order valence-electron chi connectivity index (χ0n) is 27.9. The Kier molecular flexibility index (Phi) is 15.9. The maximum Gasteiger partial charge on any atom is 2.00 e. The summed E-state index contributed by atoms with van der Waals surface area (Å²) in [6.45, 7) is 0. The second-order valence-electron chi connectivity index (χ2n) is 9.69. The molecule has 0 saturated carbocycles. The first-order valence-corrected chi connectivity index (χ1v) is 17.1. The summed E-state index contributed by atoms with van der Waals surface area (Å²) in [6.07, 6.45) is 0. The number of aliphatic hydroxyl groups is 2. The van der Waals surface area contributed by atoms with Crippen LogP contribution in [0.1, 0.15) is 0 Å². The minimum absolute atomic E-state index is 0. The quantitative estimate of drug-likeness (QED) is 0.0711. The molecule has 2 aliphatic heterocycles. The first kappa shape index (κ1) is 46.1. The molecule has 5 aromatic rings. The average molecular weight is 868 g/mol. The molecule has 288 valence electrons. The van der Waals surface area contributed by atoms with Gasteiger partial charge in [-0.15, -0.1) is 0 Å². The van der Waals surface area contributed by atoms with Crippen molar-refractivity contribution in [3.05, 3.63) is 84.9 Å². The fourth-order valence-electron chi connectivity index (χ4n) is 4.15. The van der Waals surface area contributed by atoms with Gasteiger partial charge in [0.1, 0.15) is 22.9 Å². The van der Waals surface area contributed by atoms with Gasteiger partial charge in [-0.25, -0.2) is 46.7 Å². The van der Waals surface area contributed by atoms with Crippen LogP contribution in [0.3, 0.4) is 0 Å². The molecule has 0 aliphatic carbocycles. The predicted molar refractivity (Wildman–Crippen MR) is 178 cm³/mol. The minimum atomic E-state index is -6.09. The number of fused-ring (bicyclic) bond motifs is 14. The van der Waals surface area contributed by atoms with Gasteiger partial charge in [0.25, 0.3) is 0 Å². The zero-order chi connectivity index (χ0) is 40.5. The Morgan fingerprint density at radius 3 is 1.07 bits per heavy atom. The number of H-pyrrole nitrogens is 2. The molecule has 3 aromatic heterocycles. The molecule has 0 amide bonds. The number of hydrogen-bond donors (Lipinski definition) is 4. The zero-order valence-corrected chi connectivity index (χ0v) is 32.5. The van der Waals surface area contributed by atoms with E-state index in [0.717, 1.165) is 36.5 Å². The van der Waals surface area contributed by atoms with Crippen LogP contribution in [0.5, 0.6) is 0 Å². The molecule has 0 radical (unpaired) electrons. The standard InChI is InChI=1S/C26H16N8.2CHF3O3S.2CH4O.Zn/c1-2-8-16-15(7-1)23-29-19-11-5-13-21(27-19)31-25-17-9-3-4-10-18(17)26(34-25)32-22-14-6-12-20(28-22)30-24(16)33-23;2*2-1(3,4)8(5,6)7;2*1-2;/h1-14H,(H2,27,28,29,30,31,32,33,34);2*(H,5,6,7);2*2H,1H3;/q;;;;;+2/p-2. The van der Waals surface area contributed by atoms with Crippen molar-refractivity contribution in [3.8, 4) is 45.6 Å². The molecule has 55 heavy (non-hydrogen) atoms. The van der Waals surface area contributed by atoms with Crippen molar-refractivity contribution in [1.82, 2.24) is 39.9 Å². The average Bonchev–Trinajstić information content (AvgIpc) is 3.62. The van der Waals surface area contributed by atoms with Crippen LogP contribution in [0.15, 0.2) is 84.9 Å². The van der Waals surface area contributed by atoms with Crippen LogP contribution in [0.25, 0.3) is 68.1 Å². The number of aliphatic hydroxyl groups excluding tert-OH is 2. The molecule has 0 unspecified atom stereocenters. The predicted octanol–water partition coefficient (Wildman–Crippen LogP) is 4.44. The number of nitrogens with zero attached hydrogens (tertiary/aromatic N) is 6. The van der Waals surface area contributed by atoms with Crippen LogP contribution in [-0.4, -0.2) is 101 Å². The van der Waals surface area contributed by atoms with E-state index in [9.17, 15) is 26.3 Å². The van der Waals surface area contributed by atoms with Crippen LogP contribution in [-0.2, 0) is 39.7 Å². The van der Waals surface area contributed by atoms with Crippen molar-refractivity contribution in [1.29, 1.82) is 0 Å². The molecular formula is C30H24F6N8O8S2Zn. The van der Waals surface area contributed by atoms with Crippen molar-refractivity contribution in [2.45, 2.75) is 11.0 Å². The van der Waals surface area contributed by atoms with Crippen molar-refractivity contribution < 1.29 is 82.0 Å². The van der Waals surface area contributed by atoms with Crippen LogP contribution in [0.4, 0.5) is 26.3 Å². The molecule has 2 aromatic carbocycles. The molecule has 0 atom stereocenters. The number of rotatable bonds is 0. The van der Waals surface area contributed by atoms with Gasteiger partial charge in [0, 0.05) is 36.5 Å². The molecule has 0 spiro atoms. The Bertz CT molecular complexity index is 2230. The molecule has 7 rings (SSSR count).